The quantitative estimate of drug-likeness (QED) is 0.821. The number of allylic oxidation sites excluding steroid dienone is 1. The summed E-state index contributed by atoms with van der Waals surface area (Å²) >= 11 is 0. The van der Waals surface area contributed by atoms with E-state index in [4.69, 9.17) is 4.74 Å². The molecular weight excluding hydrogens is 305 g/mol. The van der Waals surface area contributed by atoms with E-state index in [1.807, 2.05) is 36.4 Å². The monoisotopic (exact) mass is 325 g/mol. The summed E-state index contributed by atoms with van der Waals surface area (Å²) in [5, 5.41) is 0. The Morgan fingerprint density at radius 1 is 1.21 bits per heavy atom. The molecular formula is C20H20FNO2. The molecule has 1 aliphatic heterocycles. The van der Waals surface area contributed by atoms with Crippen molar-refractivity contribution in [2.24, 2.45) is 5.92 Å². The van der Waals surface area contributed by atoms with Gasteiger partial charge in [0.05, 0.1) is 12.8 Å². The number of hydrogen-bond donors (Lipinski definition) is 0. The topological polar surface area (TPSA) is 29.5 Å². The van der Waals surface area contributed by atoms with Gasteiger partial charge >= 0.3 is 0 Å². The largest absolute Gasteiger partial charge is 0.495 e. The Labute approximate surface area is 141 Å². The summed E-state index contributed by atoms with van der Waals surface area (Å²) in [7, 11) is 1.61. The highest BCUT2D eigenvalue weighted by molar-refractivity contribution is 5.98. The van der Waals surface area contributed by atoms with Crippen molar-refractivity contribution >= 4 is 17.7 Å². The van der Waals surface area contributed by atoms with Crippen molar-refractivity contribution in [3.05, 3.63) is 66.0 Å². The van der Waals surface area contributed by atoms with E-state index in [2.05, 4.69) is 0 Å². The van der Waals surface area contributed by atoms with Crippen molar-refractivity contribution < 1.29 is 13.9 Å². The summed E-state index contributed by atoms with van der Waals surface area (Å²) in [5.41, 5.74) is 1.76. The molecule has 0 radical (unpaired) electrons. The number of halogens is 1. The van der Waals surface area contributed by atoms with Crippen LogP contribution in [0.2, 0.25) is 0 Å². The van der Waals surface area contributed by atoms with Crippen LogP contribution >= 0.6 is 0 Å². The van der Waals surface area contributed by atoms with Crippen molar-refractivity contribution in [1.82, 2.24) is 0 Å². The number of para-hydroxylation sites is 2. The number of methoxy groups -OCH3 is 1. The lowest BCUT2D eigenvalue weighted by Gasteiger charge is -2.19. The van der Waals surface area contributed by atoms with Gasteiger partial charge in [-0.15, -0.1) is 0 Å². The average molecular weight is 325 g/mol. The Morgan fingerprint density at radius 3 is 2.71 bits per heavy atom. The van der Waals surface area contributed by atoms with Crippen molar-refractivity contribution in [3.8, 4) is 5.75 Å². The van der Waals surface area contributed by atoms with Gasteiger partial charge in [0.2, 0.25) is 5.91 Å². The third kappa shape index (κ3) is 3.48. The Kier molecular flexibility index (Phi) is 4.94. The lowest BCUT2D eigenvalue weighted by Crippen LogP contribution is -2.27. The number of nitrogens with zero attached hydrogens (tertiary/aromatic N) is 1. The maximum atomic E-state index is 12.9. The second-order valence-corrected chi connectivity index (χ2v) is 5.84. The maximum absolute atomic E-state index is 12.9. The van der Waals surface area contributed by atoms with E-state index in [0.29, 0.717) is 18.7 Å². The molecule has 1 saturated heterocycles. The molecule has 1 aliphatic rings. The van der Waals surface area contributed by atoms with Gasteiger partial charge in [0, 0.05) is 12.5 Å². The minimum atomic E-state index is -0.245. The summed E-state index contributed by atoms with van der Waals surface area (Å²) in [6.07, 6.45) is 5.42. The third-order valence-electron chi connectivity index (χ3n) is 4.29. The molecule has 3 nitrogen and oxygen atoms in total. The zero-order valence-corrected chi connectivity index (χ0v) is 13.6. The second-order valence-electron chi connectivity index (χ2n) is 5.84. The van der Waals surface area contributed by atoms with E-state index < -0.39 is 0 Å². The van der Waals surface area contributed by atoms with E-state index in [9.17, 15) is 9.18 Å². The highest BCUT2D eigenvalue weighted by Gasteiger charge is 2.32. The lowest BCUT2D eigenvalue weighted by atomic mass is 10.0. The third-order valence-corrected chi connectivity index (χ3v) is 4.29. The fourth-order valence-corrected chi connectivity index (χ4v) is 2.99. The smallest absolute Gasteiger partial charge is 0.230 e. The van der Waals surface area contributed by atoms with Crippen LogP contribution in [0.4, 0.5) is 10.1 Å². The van der Waals surface area contributed by atoms with E-state index >= 15 is 0 Å². The second kappa shape index (κ2) is 7.30. The number of hydrogen-bond acceptors (Lipinski definition) is 2. The first kappa shape index (κ1) is 16.2. The number of ether oxygens (including phenoxy) is 1. The molecule has 1 amide bonds. The minimum Gasteiger partial charge on any atom is -0.495 e. The van der Waals surface area contributed by atoms with Gasteiger partial charge in [-0.05, 0) is 42.7 Å². The normalized spacial score (nSPS) is 17.7. The molecule has 1 fully saturated rings. The van der Waals surface area contributed by atoms with E-state index in [1.165, 1.54) is 12.1 Å². The van der Waals surface area contributed by atoms with Crippen LogP contribution in [-0.4, -0.2) is 19.6 Å². The molecule has 0 bridgehead atoms. The van der Waals surface area contributed by atoms with Gasteiger partial charge in [0.25, 0.3) is 0 Å². The number of carbonyl (C=O) groups is 1. The summed E-state index contributed by atoms with van der Waals surface area (Å²) in [5.74, 6) is 0.578. The molecule has 1 heterocycles. The maximum Gasteiger partial charge on any atom is 0.230 e. The molecule has 0 aliphatic carbocycles. The zero-order valence-electron chi connectivity index (χ0n) is 13.6. The van der Waals surface area contributed by atoms with Crippen LogP contribution in [0.1, 0.15) is 18.4 Å². The molecule has 1 atom stereocenters. The van der Waals surface area contributed by atoms with Gasteiger partial charge in [0.1, 0.15) is 11.6 Å². The molecule has 0 aromatic heterocycles. The van der Waals surface area contributed by atoms with Crippen LogP contribution in [0.3, 0.4) is 0 Å². The van der Waals surface area contributed by atoms with Gasteiger partial charge in [-0.3, -0.25) is 4.79 Å². The first-order valence-corrected chi connectivity index (χ1v) is 8.05. The highest BCUT2D eigenvalue weighted by Crippen LogP contribution is 2.33. The van der Waals surface area contributed by atoms with Crippen LogP contribution < -0.4 is 9.64 Å². The minimum absolute atomic E-state index is 0.0217. The Morgan fingerprint density at radius 2 is 1.96 bits per heavy atom. The van der Waals surface area contributed by atoms with Crippen LogP contribution in [0.25, 0.3) is 6.08 Å². The summed E-state index contributed by atoms with van der Waals surface area (Å²) in [6.45, 7) is 0.703. The number of rotatable bonds is 5. The van der Waals surface area contributed by atoms with Crippen molar-refractivity contribution in [2.75, 3.05) is 18.6 Å². The summed E-state index contributed by atoms with van der Waals surface area (Å²) in [4.78, 5) is 14.4. The fourth-order valence-electron chi connectivity index (χ4n) is 2.99. The molecule has 1 unspecified atom stereocenters. The van der Waals surface area contributed by atoms with Crippen LogP contribution in [-0.2, 0) is 4.79 Å². The molecule has 3 rings (SSSR count). The Hall–Kier alpha value is -2.62. The van der Waals surface area contributed by atoms with Gasteiger partial charge < -0.3 is 9.64 Å². The Balaban J connectivity index is 1.65. The molecule has 0 saturated carbocycles. The molecule has 124 valence electrons. The molecule has 0 spiro atoms. The highest BCUT2D eigenvalue weighted by atomic mass is 19.1. The van der Waals surface area contributed by atoms with Crippen molar-refractivity contribution in [1.29, 1.82) is 0 Å². The molecule has 0 N–H and O–H groups in total. The average Bonchev–Trinajstić information content (AvgIpc) is 2.97. The van der Waals surface area contributed by atoms with Crippen LogP contribution in [0.15, 0.2) is 54.6 Å². The first-order valence-electron chi connectivity index (χ1n) is 8.05. The van der Waals surface area contributed by atoms with Crippen LogP contribution in [0.5, 0.6) is 5.75 Å². The number of carbonyl (C=O) groups excluding carboxylic acids is 1. The van der Waals surface area contributed by atoms with E-state index in [1.54, 1.807) is 24.1 Å². The number of anilines is 1. The summed E-state index contributed by atoms with van der Waals surface area (Å²) < 4.78 is 18.2. The predicted molar refractivity (Wildman–Crippen MR) is 93.5 cm³/mol. The lowest BCUT2D eigenvalue weighted by molar-refractivity contribution is -0.120. The molecule has 24 heavy (non-hydrogen) atoms. The van der Waals surface area contributed by atoms with Gasteiger partial charge in [-0.25, -0.2) is 4.39 Å². The van der Waals surface area contributed by atoms with Gasteiger partial charge in [0.15, 0.2) is 0 Å². The molecule has 2 aromatic carbocycles. The van der Waals surface area contributed by atoms with Gasteiger partial charge in [-0.1, -0.05) is 36.4 Å². The molecule has 4 heteroatoms. The first-order chi connectivity index (χ1) is 11.7. The predicted octanol–water partition coefficient (Wildman–Crippen LogP) is 4.29. The Bertz CT molecular complexity index is 740. The fraction of sp³-hybridized carbons (Fsp3) is 0.250. The zero-order chi connectivity index (χ0) is 16.9. The van der Waals surface area contributed by atoms with Crippen LogP contribution in [0, 0.1) is 11.7 Å². The summed E-state index contributed by atoms with van der Waals surface area (Å²) in [6, 6.07) is 13.9. The van der Waals surface area contributed by atoms with Crippen molar-refractivity contribution in [2.45, 2.75) is 12.8 Å². The number of benzene rings is 2. The SMILES string of the molecule is COc1ccccc1N1CCC(C/C=C/c2ccc(F)cc2)C1=O. The standard InChI is InChI=1S/C20H20FNO2/c1-24-19-8-3-2-7-18(19)22-14-13-16(20(22)23)6-4-5-15-9-11-17(21)12-10-15/h2-5,7-12,16H,6,13-14H2,1H3/b5-4+. The van der Waals surface area contributed by atoms with E-state index in [0.717, 1.165) is 17.7 Å². The molecule has 2 aromatic rings. The van der Waals surface area contributed by atoms with Crippen molar-refractivity contribution in [3.63, 3.8) is 0 Å². The van der Waals surface area contributed by atoms with Gasteiger partial charge in [-0.2, -0.15) is 0 Å². The van der Waals surface area contributed by atoms with E-state index in [-0.39, 0.29) is 17.6 Å². The number of amides is 1.